The second kappa shape index (κ2) is 7.64. The molecule has 0 saturated carbocycles. The van der Waals surface area contributed by atoms with Gasteiger partial charge in [-0.05, 0) is 24.3 Å². The zero-order valence-corrected chi connectivity index (χ0v) is 16.0. The van der Waals surface area contributed by atoms with Crippen LogP contribution < -0.4 is 10.1 Å². The Morgan fingerprint density at radius 2 is 1.48 bits per heavy atom. The molecule has 3 heterocycles. The van der Waals surface area contributed by atoms with Gasteiger partial charge in [0, 0.05) is 23.2 Å². The lowest BCUT2D eigenvalue weighted by Crippen LogP contribution is -2.04. The number of nitrogens with one attached hydrogen (secondary N) is 1. The van der Waals surface area contributed by atoms with Crippen molar-refractivity contribution in [1.29, 1.82) is 0 Å². The lowest BCUT2D eigenvalue weighted by atomic mass is 10.2. The van der Waals surface area contributed by atoms with Crippen LogP contribution in [0.4, 0.5) is 17.2 Å². The highest BCUT2D eigenvalue weighted by Gasteiger charge is 2.26. The Kier molecular flexibility index (Phi) is 4.53. The summed E-state index contributed by atoms with van der Waals surface area (Å²) < 4.78 is 5.84. The van der Waals surface area contributed by atoms with Gasteiger partial charge in [0.15, 0.2) is 5.75 Å². The Morgan fingerprint density at radius 3 is 2.26 bits per heavy atom. The summed E-state index contributed by atoms with van der Waals surface area (Å²) in [6, 6.07) is 18.3. The van der Waals surface area contributed by atoms with Gasteiger partial charge in [0.2, 0.25) is 5.82 Å². The minimum atomic E-state index is -0.575. The number of benzene rings is 2. The first-order valence-corrected chi connectivity index (χ1v) is 9.32. The number of hydrogen-bond acceptors (Lipinski definition) is 8. The summed E-state index contributed by atoms with van der Waals surface area (Å²) in [6.45, 7) is 0. The Morgan fingerprint density at radius 1 is 0.806 bits per heavy atom. The van der Waals surface area contributed by atoms with Crippen LogP contribution in [-0.4, -0.2) is 24.9 Å². The van der Waals surface area contributed by atoms with Gasteiger partial charge in [-0.25, -0.2) is 4.98 Å². The molecule has 0 aliphatic heterocycles. The number of para-hydroxylation sites is 2. The molecule has 150 valence electrons. The van der Waals surface area contributed by atoms with E-state index in [0.717, 1.165) is 10.8 Å². The summed E-state index contributed by atoms with van der Waals surface area (Å²) in [4.78, 5) is 28.1. The quantitative estimate of drug-likeness (QED) is 0.317. The van der Waals surface area contributed by atoms with Crippen molar-refractivity contribution in [3.63, 3.8) is 0 Å². The number of pyridine rings is 2. The van der Waals surface area contributed by atoms with E-state index in [1.54, 1.807) is 36.7 Å². The first-order valence-electron chi connectivity index (χ1n) is 9.32. The summed E-state index contributed by atoms with van der Waals surface area (Å²) in [5.74, 6) is 0.174. The van der Waals surface area contributed by atoms with E-state index in [9.17, 15) is 10.1 Å². The van der Waals surface area contributed by atoms with Gasteiger partial charge in [-0.15, -0.1) is 0 Å². The normalized spacial score (nSPS) is 10.8. The Balaban J connectivity index is 1.59. The van der Waals surface area contributed by atoms with E-state index in [2.05, 4.69) is 25.3 Å². The lowest BCUT2D eigenvalue weighted by molar-refractivity contribution is -0.385. The molecule has 0 saturated heterocycles. The molecule has 0 radical (unpaired) electrons. The SMILES string of the molecule is O=[N+]([O-])c1c(Nc2cccc3cccnc23)ncnc1Oc1cccc2cccnc12. The third-order valence-electron chi connectivity index (χ3n) is 4.66. The van der Waals surface area contributed by atoms with Crippen LogP contribution >= 0.6 is 0 Å². The molecule has 0 unspecified atom stereocenters. The summed E-state index contributed by atoms with van der Waals surface area (Å²) >= 11 is 0. The highest BCUT2D eigenvalue weighted by atomic mass is 16.6. The number of hydrogen-bond donors (Lipinski definition) is 1. The van der Waals surface area contributed by atoms with Crippen LogP contribution in [0.25, 0.3) is 21.8 Å². The average Bonchev–Trinajstić information content (AvgIpc) is 2.79. The maximum absolute atomic E-state index is 11.9. The van der Waals surface area contributed by atoms with Crippen molar-refractivity contribution in [3.8, 4) is 11.6 Å². The van der Waals surface area contributed by atoms with Crippen LogP contribution in [0.1, 0.15) is 0 Å². The van der Waals surface area contributed by atoms with Gasteiger partial charge in [0.25, 0.3) is 0 Å². The first-order chi connectivity index (χ1) is 15.2. The van der Waals surface area contributed by atoms with Crippen LogP contribution in [0, 0.1) is 10.1 Å². The zero-order chi connectivity index (χ0) is 21.2. The summed E-state index contributed by atoms with van der Waals surface area (Å²) in [7, 11) is 0. The second-order valence-electron chi connectivity index (χ2n) is 6.57. The van der Waals surface area contributed by atoms with Crippen molar-refractivity contribution in [2.45, 2.75) is 0 Å². The molecule has 9 heteroatoms. The van der Waals surface area contributed by atoms with Gasteiger partial charge in [-0.3, -0.25) is 20.1 Å². The third-order valence-corrected chi connectivity index (χ3v) is 4.66. The molecule has 0 aliphatic rings. The third kappa shape index (κ3) is 3.44. The standard InChI is InChI=1S/C22H14N6O3/c29-28(30)20-21(27-16-9-1-5-14-7-3-11-23-18(14)16)25-13-26-22(20)31-17-10-2-6-15-8-4-12-24-19(15)17/h1-13H,(H,25,26,27). The summed E-state index contributed by atoms with van der Waals surface area (Å²) in [5, 5.41) is 16.7. The number of ether oxygens (including phenoxy) is 1. The maximum atomic E-state index is 11.9. The summed E-state index contributed by atoms with van der Waals surface area (Å²) in [5.41, 5.74) is 1.44. The molecule has 3 aromatic heterocycles. The maximum Gasteiger partial charge on any atom is 0.373 e. The zero-order valence-electron chi connectivity index (χ0n) is 16.0. The largest absolute Gasteiger partial charge is 0.431 e. The monoisotopic (exact) mass is 410 g/mol. The van der Waals surface area contributed by atoms with Crippen molar-refractivity contribution >= 4 is 39.0 Å². The van der Waals surface area contributed by atoms with Gasteiger partial charge in [0.05, 0.1) is 16.1 Å². The van der Waals surface area contributed by atoms with Gasteiger partial charge in [-0.1, -0.05) is 36.4 Å². The number of nitro groups is 1. The lowest BCUT2D eigenvalue weighted by Gasteiger charge is -2.11. The molecule has 1 N–H and O–H groups in total. The Labute approximate surface area is 175 Å². The highest BCUT2D eigenvalue weighted by Crippen LogP contribution is 2.37. The van der Waals surface area contributed by atoms with Gasteiger partial charge in [0.1, 0.15) is 11.8 Å². The molecule has 0 fully saturated rings. The fraction of sp³-hybridized carbons (Fsp3) is 0. The van der Waals surface area contributed by atoms with E-state index >= 15 is 0 Å². The number of fused-ring (bicyclic) bond motifs is 2. The first kappa shape index (κ1) is 18.4. The minimum Gasteiger partial charge on any atom is -0.431 e. The van der Waals surface area contributed by atoms with Gasteiger partial charge >= 0.3 is 11.6 Å². The summed E-state index contributed by atoms with van der Waals surface area (Å²) in [6.07, 6.45) is 4.50. The van der Waals surface area contributed by atoms with E-state index in [4.69, 9.17) is 4.74 Å². The number of rotatable bonds is 5. The van der Waals surface area contributed by atoms with Gasteiger partial charge < -0.3 is 10.1 Å². The van der Waals surface area contributed by atoms with Gasteiger partial charge in [-0.2, -0.15) is 4.98 Å². The van der Waals surface area contributed by atoms with Crippen LogP contribution in [0.5, 0.6) is 11.6 Å². The fourth-order valence-corrected chi connectivity index (χ4v) is 3.29. The molecule has 9 nitrogen and oxygen atoms in total. The smallest absolute Gasteiger partial charge is 0.373 e. The molecule has 2 aromatic carbocycles. The van der Waals surface area contributed by atoms with Crippen LogP contribution in [0.3, 0.4) is 0 Å². The van der Waals surface area contributed by atoms with Crippen molar-refractivity contribution in [2.24, 2.45) is 0 Å². The molecular formula is C22H14N6O3. The average molecular weight is 410 g/mol. The number of anilines is 2. The molecule has 0 aliphatic carbocycles. The van der Waals surface area contributed by atoms with E-state index in [0.29, 0.717) is 22.5 Å². The molecule has 5 aromatic rings. The molecular weight excluding hydrogens is 396 g/mol. The van der Waals surface area contributed by atoms with Crippen molar-refractivity contribution in [2.75, 3.05) is 5.32 Å². The van der Waals surface area contributed by atoms with Crippen LogP contribution in [0.2, 0.25) is 0 Å². The predicted molar refractivity (Wildman–Crippen MR) is 116 cm³/mol. The van der Waals surface area contributed by atoms with E-state index in [1.807, 2.05) is 36.4 Å². The van der Waals surface area contributed by atoms with E-state index in [1.165, 1.54) is 6.33 Å². The van der Waals surface area contributed by atoms with E-state index < -0.39 is 4.92 Å². The Hall–Kier alpha value is -4.66. The predicted octanol–water partition coefficient (Wildman–Crippen LogP) is 5.02. The van der Waals surface area contributed by atoms with Crippen LogP contribution in [0.15, 0.2) is 79.4 Å². The van der Waals surface area contributed by atoms with Crippen molar-refractivity contribution < 1.29 is 9.66 Å². The minimum absolute atomic E-state index is 0.00125. The fourth-order valence-electron chi connectivity index (χ4n) is 3.29. The number of aromatic nitrogens is 4. The van der Waals surface area contributed by atoms with Crippen LogP contribution in [-0.2, 0) is 0 Å². The molecule has 31 heavy (non-hydrogen) atoms. The highest BCUT2D eigenvalue weighted by molar-refractivity contribution is 5.92. The molecule has 0 atom stereocenters. The number of nitrogens with zero attached hydrogens (tertiary/aromatic N) is 5. The van der Waals surface area contributed by atoms with Crippen molar-refractivity contribution in [1.82, 2.24) is 19.9 Å². The Bertz CT molecular complexity index is 1330. The topological polar surface area (TPSA) is 116 Å². The molecule has 5 rings (SSSR count). The molecule has 0 amide bonds. The second-order valence-corrected chi connectivity index (χ2v) is 6.57. The molecule has 0 spiro atoms. The van der Waals surface area contributed by atoms with E-state index in [-0.39, 0.29) is 17.4 Å². The molecule has 0 bridgehead atoms. The van der Waals surface area contributed by atoms with Crippen molar-refractivity contribution in [3.05, 3.63) is 89.5 Å².